The second-order valence-electron chi connectivity index (χ2n) is 6.97. The minimum atomic E-state index is 0.0536. The zero-order valence-corrected chi connectivity index (χ0v) is 15.1. The van der Waals surface area contributed by atoms with E-state index in [4.69, 9.17) is 9.26 Å². The number of hydrogen-bond donors (Lipinski definition) is 0. The van der Waals surface area contributed by atoms with Gasteiger partial charge in [0.25, 0.3) is 0 Å². The van der Waals surface area contributed by atoms with E-state index in [1.54, 1.807) is 0 Å². The van der Waals surface area contributed by atoms with E-state index in [2.05, 4.69) is 17.0 Å². The molecule has 2 saturated heterocycles. The lowest BCUT2D eigenvalue weighted by Gasteiger charge is -2.39. The molecule has 1 aromatic rings. The number of rotatable bonds is 4. The fourth-order valence-corrected chi connectivity index (χ4v) is 3.84. The van der Waals surface area contributed by atoms with Crippen LogP contribution in [0.2, 0.25) is 0 Å². The molecule has 0 saturated carbocycles. The predicted molar refractivity (Wildman–Crippen MR) is 90.6 cm³/mol. The zero-order valence-electron chi connectivity index (χ0n) is 15.1. The molecule has 2 atom stereocenters. The summed E-state index contributed by atoms with van der Waals surface area (Å²) in [5.41, 5.74) is 2.15. The number of carbonyl (C=O) groups is 1. The van der Waals surface area contributed by atoms with E-state index in [0.717, 1.165) is 70.0 Å². The van der Waals surface area contributed by atoms with Gasteiger partial charge in [0, 0.05) is 44.9 Å². The van der Waals surface area contributed by atoms with Crippen molar-refractivity contribution < 1.29 is 14.1 Å². The van der Waals surface area contributed by atoms with Crippen molar-refractivity contribution in [3.8, 4) is 0 Å². The first-order valence-corrected chi connectivity index (χ1v) is 9.14. The summed E-state index contributed by atoms with van der Waals surface area (Å²) in [6.45, 7) is 11.1. The summed E-state index contributed by atoms with van der Waals surface area (Å²) in [5.74, 6) is 1.24. The van der Waals surface area contributed by atoms with Crippen molar-refractivity contribution in [2.75, 3.05) is 32.8 Å². The fourth-order valence-electron chi connectivity index (χ4n) is 3.84. The van der Waals surface area contributed by atoms with Crippen molar-refractivity contribution >= 4 is 5.91 Å². The molecule has 2 unspecified atom stereocenters. The van der Waals surface area contributed by atoms with E-state index in [9.17, 15) is 4.79 Å². The number of nitrogens with zero attached hydrogens (tertiary/aromatic N) is 3. The Hall–Kier alpha value is -1.40. The molecule has 0 spiro atoms. The average molecular weight is 335 g/mol. The summed E-state index contributed by atoms with van der Waals surface area (Å²) in [6, 6.07) is 0. The van der Waals surface area contributed by atoms with Gasteiger partial charge in [-0.2, -0.15) is 0 Å². The van der Waals surface area contributed by atoms with Crippen LogP contribution >= 0.6 is 0 Å². The summed E-state index contributed by atoms with van der Waals surface area (Å²) in [7, 11) is 0. The van der Waals surface area contributed by atoms with Crippen molar-refractivity contribution in [3.05, 3.63) is 17.0 Å². The number of aryl methyl sites for hydroxylation is 2. The molecule has 1 aromatic heterocycles. The van der Waals surface area contributed by atoms with E-state index in [1.807, 2.05) is 18.7 Å². The standard InChI is InChI=1S/C18H29N3O3/c1-4-17-15(6-5-11-23-17)18(22)21-9-7-20(8-10-21)12-16-13(2)19-24-14(16)3/h15,17H,4-12H2,1-3H3. The van der Waals surface area contributed by atoms with E-state index in [0.29, 0.717) is 5.91 Å². The summed E-state index contributed by atoms with van der Waals surface area (Å²) < 4.78 is 11.0. The van der Waals surface area contributed by atoms with Gasteiger partial charge in [-0.25, -0.2) is 0 Å². The van der Waals surface area contributed by atoms with Gasteiger partial charge in [-0.15, -0.1) is 0 Å². The van der Waals surface area contributed by atoms with Crippen molar-refractivity contribution in [3.63, 3.8) is 0 Å². The molecule has 0 N–H and O–H groups in total. The topological polar surface area (TPSA) is 58.8 Å². The maximum Gasteiger partial charge on any atom is 0.228 e. The molecular weight excluding hydrogens is 306 g/mol. The molecule has 0 radical (unpaired) electrons. The first-order chi connectivity index (χ1) is 11.6. The lowest BCUT2D eigenvalue weighted by molar-refractivity contribution is -0.147. The highest BCUT2D eigenvalue weighted by Crippen LogP contribution is 2.26. The molecule has 0 aromatic carbocycles. The van der Waals surface area contributed by atoms with Gasteiger partial charge in [-0.05, 0) is 33.1 Å². The van der Waals surface area contributed by atoms with Crippen molar-refractivity contribution in [2.45, 2.75) is 52.7 Å². The Morgan fingerprint density at radius 3 is 2.62 bits per heavy atom. The minimum Gasteiger partial charge on any atom is -0.377 e. The molecule has 24 heavy (non-hydrogen) atoms. The molecule has 1 amide bonds. The lowest BCUT2D eigenvalue weighted by atomic mass is 9.91. The molecule has 6 nitrogen and oxygen atoms in total. The normalized spacial score (nSPS) is 25.9. The maximum atomic E-state index is 12.9. The van der Waals surface area contributed by atoms with Gasteiger partial charge in [0.15, 0.2) is 0 Å². The summed E-state index contributed by atoms with van der Waals surface area (Å²) >= 11 is 0. The molecule has 134 valence electrons. The smallest absolute Gasteiger partial charge is 0.228 e. The summed E-state index contributed by atoms with van der Waals surface area (Å²) in [4.78, 5) is 17.3. The molecule has 2 fully saturated rings. The van der Waals surface area contributed by atoms with Crippen LogP contribution in [0, 0.1) is 19.8 Å². The number of aromatic nitrogens is 1. The van der Waals surface area contributed by atoms with Crippen LogP contribution in [0.25, 0.3) is 0 Å². The Balaban J connectivity index is 1.54. The molecule has 2 aliphatic heterocycles. The predicted octanol–water partition coefficient (Wildman–Crippen LogP) is 2.14. The van der Waals surface area contributed by atoms with Gasteiger partial charge < -0.3 is 14.2 Å². The maximum absolute atomic E-state index is 12.9. The molecule has 6 heteroatoms. The van der Waals surface area contributed by atoms with Gasteiger partial charge in [-0.3, -0.25) is 9.69 Å². The van der Waals surface area contributed by atoms with E-state index < -0.39 is 0 Å². The van der Waals surface area contributed by atoms with Crippen LogP contribution in [-0.2, 0) is 16.1 Å². The fraction of sp³-hybridized carbons (Fsp3) is 0.778. The van der Waals surface area contributed by atoms with Crippen molar-refractivity contribution in [2.24, 2.45) is 5.92 Å². The van der Waals surface area contributed by atoms with E-state index >= 15 is 0 Å². The monoisotopic (exact) mass is 335 g/mol. The van der Waals surface area contributed by atoms with Gasteiger partial charge in [0.2, 0.25) is 5.91 Å². The van der Waals surface area contributed by atoms with Crippen molar-refractivity contribution in [1.29, 1.82) is 0 Å². The first-order valence-electron chi connectivity index (χ1n) is 9.14. The number of piperazine rings is 1. The van der Waals surface area contributed by atoms with Gasteiger partial charge in [0.05, 0.1) is 17.7 Å². The summed E-state index contributed by atoms with van der Waals surface area (Å²) in [5, 5.41) is 4.02. The van der Waals surface area contributed by atoms with Gasteiger partial charge >= 0.3 is 0 Å². The van der Waals surface area contributed by atoms with Crippen LogP contribution in [0.15, 0.2) is 4.52 Å². The number of hydrogen-bond acceptors (Lipinski definition) is 5. The lowest BCUT2D eigenvalue weighted by Crippen LogP contribution is -2.52. The van der Waals surface area contributed by atoms with E-state index in [1.165, 1.54) is 5.56 Å². The third-order valence-electron chi connectivity index (χ3n) is 5.41. The zero-order chi connectivity index (χ0) is 17.1. The van der Waals surface area contributed by atoms with Crippen LogP contribution in [0.3, 0.4) is 0 Å². The SMILES string of the molecule is CCC1OCCCC1C(=O)N1CCN(Cc2c(C)noc2C)CC1. The van der Waals surface area contributed by atoms with Crippen LogP contribution in [0.4, 0.5) is 0 Å². The Labute approximate surface area is 144 Å². The van der Waals surface area contributed by atoms with Crippen LogP contribution in [-0.4, -0.2) is 59.8 Å². The number of carbonyl (C=O) groups excluding carboxylic acids is 1. The summed E-state index contributed by atoms with van der Waals surface area (Å²) in [6.07, 6.45) is 2.99. The molecule has 0 bridgehead atoms. The van der Waals surface area contributed by atoms with Gasteiger partial charge in [0.1, 0.15) is 5.76 Å². The van der Waals surface area contributed by atoms with E-state index in [-0.39, 0.29) is 12.0 Å². The minimum absolute atomic E-state index is 0.0536. The second-order valence-corrected chi connectivity index (χ2v) is 6.97. The second kappa shape index (κ2) is 7.66. The molecule has 0 aliphatic carbocycles. The Morgan fingerprint density at radius 1 is 1.25 bits per heavy atom. The number of ether oxygens (including phenoxy) is 1. The Kier molecular flexibility index (Phi) is 5.56. The third-order valence-corrected chi connectivity index (χ3v) is 5.41. The largest absolute Gasteiger partial charge is 0.377 e. The highest BCUT2D eigenvalue weighted by molar-refractivity contribution is 5.79. The van der Waals surface area contributed by atoms with Crippen LogP contribution in [0.5, 0.6) is 0 Å². The third kappa shape index (κ3) is 3.64. The van der Waals surface area contributed by atoms with Crippen molar-refractivity contribution in [1.82, 2.24) is 15.0 Å². The first kappa shape index (κ1) is 17.4. The Bertz CT molecular complexity index is 544. The number of amides is 1. The highest BCUT2D eigenvalue weighted by Gasteiger charge is 2.34. The van der Waals surface area contributed by atoms with Gasteiger partial charge in [-0.1, -0.05) is 12.1 Å². The molecule has 3 heterocycles. The molecule has 3 rings (SSSR count). The quantitative estimate of drug-likeness (QED) is 0.844. The molecule has 2 aliphatic rings. The van der Waals surface area contributed by atoms with Crippen LogP contribution in [0.1, 0.15) is 43.2 Å². The van der Waals surface area contributed by atoms with Crippen LogP contribution < -0.4 is 0 Å². The average Bonchev–Trinajstić information content (AvgIpc) is 2.93. The Morgan fingerprint density at radius 2 is 2.00 bits per heavy atom. The highest BCUT2D eigenvalue weighted by atomic mass is 16.5. The molecular formula is C18H29N3O3.